The lowest BCUT2D eigenvalue weighted by Gasteiger charge is -2.39. The van der Waals surface area contributed by atoms with Crippen LogP contribution in [0.2, 0.25) is 0 Å². The molecule has 0 saturated carbocycles. The zero-order valence-corrected chi connectivity index (χ0v) is 20.8. The van der Waals surface area contributed by atoms with E-state index < -0.39 is 11.7 Å². The number of anilines is 1. The molecule has 6 nitrogen and oxygen atoms in total. The number of carbonyl (C=O) groups is 1. The molecule has 1 aliphatic rings. The number of aliphatic hydroxyl groups excluding tert-OH is 1. The van der Waals surface area contributed by atoms with E-state index >= 15 is 0 Å². The molecular formula is C26H34F3N3O3. The van der Waals surface area contributed by atoms with E-state index in [0.29, 0.717) is 30.9 Å². The highest BCUT2D eigenvalue weighted by Crippen LogP contribution is 2.36. The fourth-order valence-corrected chi connectivity index (χ4v) is 4.28. The first kappa shape index (κ1) is 26.8. The van der Waals surface area contributed by atoms with Crippen LogP contribution in [-0.2, 0) is 12.7 Å². The lowest BCUT2D eigenvalue weighted by molar-refractivity contribution is -0.137. The van der Waals surface area contributed by atoms with E-state index in [4.69, 9.17) is 4.74 Å². The monoisotopic (exact) mass is 493 g/mol. The molecule has 0 spiro atoms. The Kier molecular flexibility index (Phi) is 8.33. The molecule has 3 atom stereocenters. The minimum absolute atomic E-state index is 0.0635. The Labute approximate surface area is 204 Å². The van der Waals surface area contributed by atoms with Crippen molar-refractivity contribution < 1.29 is 27.8 Å². The molecule has 0 unspecified atom stereocenters. The molecule has 0 bridgehead atoms. The SMILES string of the molecule is C[C@H]1CN([C@@H](C)CO)C(=O)c2cccc(N(C)C)c2O[C@@H]1CN(C)Cc1ccc(C(F)(F)F)cc1. The van der Waals surface area contributed by atoms with Gasteiger partial charge in [0.05, 0.1) is 29.5 Å². The first-order valence-electron chi connectivity index (χ1n) is 11.7. The Balaban J connectivity index is 1.87. The number of benzene rings is 2. The molecule has 35 heavy (non-hydrogen) atoms. The second-order valence-corrected chi connectivity index (χ2v) is 9.56. The summed E-state index contributed by atoms with van der Waals surface area (Å²) in [7, 11) is 5.65. The van der Waals surface area contributed by atoms with E-state index in [0.717, 1.165) is 23.4 Å². The maximum Gasteiger partial charge on any atom is 0.416 e. The third-order valence-electron chi connectivity index (χ3n) is 6.38. The molecule has 1 heterocycles. The zero-order chi connectivity index (χ0) is 25.9. The number of amides is 1. The van der Waals surface area contributed by atoms with Crippen molar-refractivity contribution in [3.63, 3.8) is 0 Å². The van der Waals surface area contributed by atoms with Crippen LogP contribution in [0.3, 0.4) is 0 Å². The predicted octanol–water partition coefficient (Wildman–Crippen LogP) is 4.12. The molecular weight excluding hydrogens is 459 g/mol. The van der Waals surface area contributed by atoms with Gasteiger partial charge in [0.2, 0.25) is 0 Å². The fourth-order valence-electron chi connectivity index (χ4n) is 4.28. The van der Waals surface area contributed by atoms with Crippen LogP contribution in [-0.4, -0.2) is 73.8 Å². The number of aliphatic hydroxyl groups is 1. The van der Waals surface area contributed by atoms with E-state index in [-0.39, 0.29) is 30.6 Å². The molecule has 9 heteroatoms. The highest BCUT2D eigenvalue weighted by molar-refractivity contribution is 5.99. The molecule has 2 aromatic rings. The number of alkyl halides is 3. The summed E-state index contributed by atoms with van der Waals surface area (Å²) in [5.74, 6) is 0.247. The summed E-state index contributed by atoms with van der Waals surface area (Å²) < 4.78 is 45.2. The van der Waals surface area contributed by atoms with Crippen molar-refractivity contribution in [1.29, 1.82) is 0 Å². The Bertz CT molecular complexity index is 1010. The van der Waals surface area contributed by atoms with Crippen LogP contribution in [0.4, 0.5) is 18.9 Å². The number of rotatable bonds is 7. The largest absolute Gasteiger partial charge is 0.486 e. The van der Waals surface area contributed by atoms with Gasteiger partial charge < -0.3 is 19.6 Å². The molecule has 0 aliphatic carbocycles. The molecule has 3 rings (SSSR count). The summed E-state index contributed by atoms with van der Waals surface area (Å²) in [6, 6.07) is 10.3. The first-order chi connectivity index (χ1) is 16.4. The number of halogens is 3. The number of para-hydroxylation sites is 1. The topological polar surface area (TPSA) is 56.3 Å². The summed E-state index contributed by atoms with van der Waals surface area (Å²) in [5.41, 5.74) is 1.31. The molecule has 0 saturated heterocycles. The number of carbonyl (C=O) groups excluding carboxylic acids is 1. The third-order valence-corrected chi connectivity index (χ3v) is 6.38. The highest BCUT2D eigenvalue weighted by atomic mass is 19.4. The second-order valence-electron chi connectivity index (χ2n) is 9.56. The Morgan fingerprint density at radius 1 is 1.14 bits per heavy atom. The fraction of sp³-hybridized carbons (Fsp3) is 0.500. The van der Waals surface area contributed by atoms with Gasteiger partial charge in [-0.2, -0.15) is 13.2 Å². The first-order valence-corrected chi connectivity index (χ1v) is 11.7. The van der Waals surface area contributed by atoms with Gasteiger partial charge in [0.1, 0.15) is 6.10 Å². The van der Waals surface area contributed by atoms with E-state index in [1.807, 2.05) is 56.9 Å². The minimum Gasteiger partial charge on any atom is -0.486 e. The smallest absolute Gasteiger partial charge is 0.416 e. The molecule has 1 aliphatic heterocycles. The lowest BCUT2D eigenvalue weighted by atomic mass is 9.98. The van der Waals surface area contributed by atoms with Crippen LogP contribution < -0.4 is 9.64 Å². The van der Waals surface area contributed by atoms with Crippen molar-refractivity contribution in [3.8, 4) is 5.75 Å². The van der Waals surface area contributed by atoms with Crippen LogP contribution in [0.1, 0.15) is 35.3 Å². The van der Waals surface area contributed by atoms with Crippen LogP contribution in [0.5, 0.6) is 5.75 Å². The average molecular weight is 494 g/mol. The van der Waals surface area contributed by atoms with Gasteiger partial charge in [-0.1, -0.05) is 25.1 Å². The standard InChI is InChI=1S/C26H34F3N3O3/c1-17-13-32(18(2)16-33)25(34)21-7-6-8-22(30(3)4)24(21)35-23(17)15-31(5)14-19-9-11-20(12-10-19)26(27,28)29/h6-12,17-18,23,33H,13-16H2,1-5H3/t17-,18-,23+/m0/s1. The number of hydrogen-bond donors (Lipinski definition) is 1. The molecule has 0 fully saturated rings. The van der Waals surface area contributed by atoms with Gasteiger partial charge in [-0.25, -0.2) is 0 Å². The predicted molar refractivity (Wildman–Crippen MR) is 130 cm³/mol. The van der Waals surface area contributed by atoms with Crippen LogP contribution >= 0.6 is 0 Å². The van der Waals surface area contributed by atoms with Gasteiger partial charge in [-0.15, -0.1) is 0 Å². The molecule has 1 N–H and O–H groups in total. The molecule has 0 aromatic heterocycles. The van der Waals surface area contributed by atoms with E-state index in [1.165, 1.54) is 12.1 Å². The van der Waals surface area contributed by atoms with Crippen LogP contribution in [0.15, 0.2) is 42.5 Å². The van der Waals surface area contributed by atoms with E-state index in [9.17, 15) is 23.1 Å². The van der Waals surface area contributed by atoms with Crippen molar-refractivity contribution in [3.05, 3.63) is 59.2 Å². The highest BCUT2D eigenvalue weighted by Gasteiger charge is 2.35. The Morgan fingerprint density at radius 3 is 2.37 bits per heavy atom. The lowest BCUT2D eigenvalue weighted by Crippen LogP contribution is -2.49. The van der Waals surface area contributed by atoms with Gasteiger partial charge in [0, 0.05) is 39.6 Å². The molecule has 1 amide bonds. The van der Waals surface area contributed by atoms with Gasteiger partial charge in [-0.05, 0) is 43.8 Å². The van der Waals surface area contributed by atoms with Gasteiger partial charge >= 0.3 is 6.18 Å². The Morgan fingerprint density at radius 2 is 1.80 bits per heavy atom. The number of fused-ring (bicyclic) bond motifs is 1. The maximum absolute atomic E-state index is 13.4. The van der Waals surface area contributed by atoms with Gasteiger partial charge in [-0.3, -0.25) is 9.69 Å². The third kappa shape index (κ3) is 6.27. The van der Waals surface area contributed by atoms with Crippen LogP contribution in [0, 0.1) is 5.92 Å². The number of likely N-dealkylation sites (N-methyl/N-ethyl adjacent to an activating group) is 1. The van der Waals surface area contributed by atoms with Gasteiger partial charge in [0.25, 0.3) is 5.91 Å². The molecule has 0 radical (unpaired) electrons. The normalized spacial score (nSPS) is 19.6. The number of nitrogens with zero attached hydrogens (tertiary/aromatic N) is 3. The summed E-state index contributed by atoms with van der Waals surface area (Å²) >= 11 is 0. The van der Waals surface area contributed by atoms with Crippen molar-refractivity contribution in [1.82, 2.24) is 9.80 Å². The average Bonchev–Trinajstić information content (AvgIpc) is 2.80. The molecule has 2 aromatic carbocycles. The van der Waals surface area contributed by atoms with Crippen molar-refractivity contribution in [2.45, 2.75) is 38.7 Å². The van der Waals surface area contributed by atoms with E-state index in [2.05, 4.69) is 0 Å². The van der Waals surface area contributed by atoms with Crippen molar-refractivity contribution in [2.24, 2.45) is 5.92 Å². The zero-order valence-electron chi connectivity index (χ0n) is 20.8. The van der Waals surface area contributed by atoms with Crippen molar-refractivity contribution >= 4 is 11.6 Å². The summed E-state index contributed by atoms with van der Waals surface area (Å²) in [6.45, 7) is 5.02. The van der Waals surface area contributed by atoms with E-state index in [1.54, 1.807) is 11.0 Å². The summed E-state index contributed by atoms with van der Waals surface area (Å²) in [6.07, 6.45) is -4.66. The number of ether oxygens (including phenoxy) is 1. The molecule has 192 valence electrons. The second kappa shape index (κ2) is 10.9. The van der Waals surface area contributed by atoms with Crippen LogP contribution in [0.25, 0.3) is 0 Å². The Hall–Kier alpha value is -2.78. The summed E-state index contributed by atoms with van der Waals surface area (Å²) in [5, 5.41) is 9.78. The quantitative estimate of drug-likeness (QED) is 0.629. The number of hydrogen-bond acceptors (Lipinski definition) is 5. The van der Waals surface area contributed by atoms with Gasteiger partial charge in [0.15, 0.2) is 5.75 Å². The minimum atomic E-state index is -4.36. The maximum atomic E-state index is 13.4. The summed E-state index contributed by atoms with van der Waals surface area (Å²) in [4.78, 5) is 19.0. The van der Waals surface area contributed by atoms with Crippen molar-refractivity contribution in [2.75, 3.05) is 45.7 Å².